The number of imide groups is 2. The topological polar surface area (TPSA) is 103 Å². The Morgan fingerprint density at radius 3 is 2.21 bits per heavy atom. The fraction of sp³-hybridized carbons (Fsp3) is 0.207. The number of barbiturate groups is 1. The first-order valence-corrected chi connectivity index (χ1v) is 12.0. The number of nitrogens with zero attached hydrogens (tertiary/aromatic N) is 1. The first-order chi connectivity index (χ1) is 18.4. The molecular weight excluding hydrogens is 488 g/mol. The van der Waals surface area contributed by atoms with Crippen molar-refractivity contribution in [2.75, 3.05) is 31.8 Å². The third kappa shape index (κ3) is 5.95. The molecule has 1 aliphatic rings. The number of para-hydroxylation sites is 2. The van der Waals surface area contributed by atoms with Crippen LogP contribution < -0.4 is 29.2 Å². The average Bonchev–Trinajstić information content (AvgIpc) is 2.90. The minimum Gasteiger partial charge on any atom is -0.493 e. The summed E-state index contributed by atoms with van der Waals surface area (Å²) in [4.78, 5) is 39.1. The second kappa shape index (κ2) is 12.0. The van der Waals surface area contributed by atoms with Gasteiger partial charge in [-0.05, 0) is 67.4 Å². The van der Waals surface area contributed by atoms with E-state index >= 15 is 0 Å². The number of nitrogens with one attached hydrogen (secondary N) is 1. The van der Waals surface area contributed by atoms with Gasteiger partial charge in [-0.2, -0.15) is 0 Å². The molecule has 3 aromatic rings. The Hall–Kier alpha value is -4.79. The highest BCUT2D eigenvalue weighted by molar-refractivity contribution is 6.39. The number of amides is 4. The van der Waals surface area contributed by atoms with E-state index in [1.54, 1.807) is 43.5 Å². The van der Waals surface area contributed by atoms with Gasteiger partial charge in [0.05, 0.1) is 19.4 Å². The lowest BCUT2D eigenvalue weighted by Crippen LogP contribution is -2.54. The van der Waals surface area contributed by atoms with E-state index in [-0.39, 0.29) is 18.8 Å². The largest absolute Gasteiger partial charge is 0.493 e. The Balaban J connectivity index is 1.50. The summed E-state index contributed by atoms with van der Waals surface area (Å²) in [6, 6.07) is 18.5. The van der Waals surface area contributed by atoms with Crippen LogP contribution in [-0.4, -0.2) is 44.8 Å². The summed E-state index contributed by atoms with van der Waals surface area (Å²) in [5.74, 6) is 0.679. The van der Waals surface area contributed by atoms with Gasteiger partial charge in [-0.3, -0.25) is 14.9 Å². The molecule has 0 unspecified atom stereocenters. The zero-order valence-electron chi connectivity index (χ0n) is 21.4. The van der Waals surface area contributed by atoms with Gasteiger partial charge in [0.2, 0.25) is 0 Å². The van der Waals surface area contributed by atoms with Crippen LogP contribution in [0, 0.1) is 6.92 Å². The lowest BCUT2D eigenvalue weighted by atomic mass is 10.1. The van der Waals surface area contributed by atoms with Crippen LogP contribution in [0.4, 0.5) is 10.5 Å². The minimum atomic E-state index is -0.795. The van der Waals surface area contributed by atoms with Gasteiger partial charge in [0, 0.05) is 0 Å². The molecule has 0 saturated carbocycles. The summed E-state index contributed by atoms with van der Waals surface area (Å²) in [7, 11) is 1.58. The van der Waals surface area contributed by atoms with Crippen molar-refractivity contribution < 1.29 is 33.3 Å². The summed E-state index contributed by atoms with van der Waals surface area (Å²) >= 11 is 0. The maximum atomic E-state index is 13.2. The van der Waals surface area contributed by atoms with Gasteiger partial charge in [-0.1, -0.05) is 30.3 Å². The second-order valence-electron chi connectivity index (χ2n) is 8.28. The highest BCUT2D eigenvalue weighted by Gasteiger charge is 2.36. The van der Waals surface area contributed by atoms with E-state index in [1.807, 2.05) is 44.2 Å². The van der Waals surface area contributed by atoms with Crippen molar-refractivity contribution in [1.82, 2.24) is 5.32 Å². The third-order valence-electron chi connectivity index (χ3n) is 5.61. The molecule has 0 atom stereocenters. The predicted molar refractivity (Wildman–Crippen MR) is 142 cm³/mol. The summed E-state index contributed by atoms with van der Waals surface area (Å²) < 4.78 is 22.6. The van der Waals surface area contributed by atoms with E-state index in [0.29, 0.717) is 40.9 Å². The van der Waals surface area contributed by atoms with Crippen LogP contribution in [0.15, 0.2) is 72.3 Å². The fourth-order valence-electron chi connectivity index (χ4n) is 3.87. The molecule has 196 valence electrons. The number of carbonyl (C=O) groups excluding carboxylic acids is 3. The maximum Gasteiger partial charge on any atom is 0.335 e. The van der Waals surface area contributed by atoms with E-state index < -0.39 is 17.8 Å². The van der Waals surface area contributed by atoms with Crippen molar-refractivity contribution >= 4 is 29.6 Å². The zero-order valence-corrected chi connectivity index (χ0v) is 21.4. The number of hydrogen-bond donors (Lipinski definition) is 1. The van der Waals surface area contributed by atoms with Crippen LogP contribution in [0.2, 0.25) is 0 Å². The predicted octanol–water partition coefficient (Wildman–Crippen LogP) is 4.53. The summed E-state index contributed by atoms with van der Waals surface area (Å²) in [6.45, 7) is 4.58. The molecule has 4 rings (SSSR count). The molecule has 0 aromatic heterocycles. The van der Waals surface area contributed by atoms with Crippen molar-refractivity contribution in [1.29, 1.82) is 0 Å². The highest BCUT2D eigenvalue weighted by atomic mass is 16.5. The highest BCUT2D eigenvalue weighted by Crippen LogP contribution is 2.31. The molecule has 38 heavy (non-hydrogen) atoms. The Kier molecular flexibility index (Phi) is 8.27. The minimum absolute atomic E-state index is 0.174. The number of anilines is 1. The Bertz CT molecular complexity index is 1380. The lowest BCUT2D eigenvalue weighted by Gasteiger charge is -2.26. The molecule has 9 nitrogen and oxygen atoms in total. The van der Waals surface area contributed by atoms with Gasteiger partial charge in [-0.15, -0.1) is 0 Å². The second-order valence-corrected chi connectivity index (χ2v) is 8.28. The molecule has 0 spiro atoms. The number of carbonyl (C=O) groups is 3. The first-order valence-electron chi connectivity index (χ1n) is 12.0. The summed E-state index contributed by atoms with van der Waals surface area (Å²) in [6.07, 6.45) is 1.42. The number of aryl methyl sites for hydroxylation is 1. The molecule has 0 bridgehead atoms. The number of rotatable bonds is 10. The molecule has 1 heterocycles. The normalized spacial score (nSPS) is 14.3. The Morgan fingerprint density at radius 1 is 0.816 bits per heavy atom. The van der Waals surface area contributed by atoms with Crippen LogP contribution in [-0.2, 0) is 9.59 Å². The smallest absolute Gasteiger partial charge is 0.335 e. The van der Waals surface area contributed by atoms with Gasteiger partial charge in [0.15, 0.2) is 23.0 Å². The summed E-state index contributed by atoms with van der Waals surface area (Å²) in [5, 5.41) is 2.24. The van der Waals surface area contributed by atoms with Crippen LogP contribution >= 0.6 is 0 Å². The quantitative estimate of drug-likeness (QED) is 0.240. The van der Waals surface area contributed by atoms with E-state index in [4.69, 9.17) is 18.9 Å². The standard InChI is InChI=1S/C29H28N2O7/c1-4-36-26-18-20(12-13-25(26)38-15-14-37-24-11-6-5-10-23(24)35-3)17-22-27(32)30-29(34)31(28(22)33)21-9-7-8-19(2)16-21/h5-13,16-18H,4,14-15H2,1-3H3,(H,30,32,34)/b22-17-. The molecule has 0 radical (unpaired) electrons. The van der Waals surface area contributed by atoms with Crippen molar-refractivity contribution in [2.24, 2.45) is 0 Å². The SMILES string of the molecule is CCOc1cc(/C=C2/C(=O)NC(=O)N(c3cccc(C)c3)C2=O)ccc1OCCOc1ccccc1OC. The first kappa shape index (κ1) is 26.3. The van der Waals surface area contributed by atoms with E-state index in [1.165, 1.54) is 6.08 Å². The van der Waals surface area contributed by atoms with E-state index in [2.05, 4.69) is 5.32 Å². The molecule has 1 N–H and O–H groups in total. The molecule has 1 aliphatic heterocycles. The maximum absolute atomic E-state index is 13.2. The number of ether oxygens (including phenoxy) is 4. The monoisotopic (exact) mass is 516 g/mol. The van der Waals surface area contributed by atoms with Gasteiger partial charge >= 0.3 is 6.03 Å². The van der Waals surface area contributed by atoms with Gasteiger partial charge in [0.25, 0.3) is 11.8 Å². The fourth-order valence-corrected chi connectivity index (χ4v) is 3.87. The Labute approximate surface area is 220 Å². The van der Waals surface area contributed by atoms with Crippen molar-refractivity contribution in [3.63, 3.8) is 0 Å². The van der Waals surface area contributed by atoms with Crippen molar-refractivity contribution in [3.8, 4) is 23.0 Å². The molecule has 1 fully saturated rings. The van der Waals surface area contributed by atoms with Gasteiger partial charge in [-0.25, -0.2) is 9.69 Å². The van der Waals surface area contributed by atoms with Crippen LogP contribution in [0.1, 0.15) is 18.1 Å². The number of urea groups is 1. The van der Waals surface area contributed by atoms with Crippen molar-refractivity contribution in [2.45, 2.75) is 13.8 Å². The number of methoxy groups -OCH3 is 1. The molecule has 0 aliphatic carbocycles. The number of benzene rings is 3. The molecular formula is C29H28N2O7. The molecule has 4 amide bonds. The van der Waals surface area contributed by atoms with Crippen LogP contribution in [0.3, 0.4) is 0 Å². The molecule has 9 heteroatoms. The zero-order chi connectivity index (χ0) is 27.1. The lowest BCUT2D eigenvalue weighted by molar-refractivity contribution is -0.122. The van der Waals surface area contributed by atoms with Crippen LogP contribution in [0.25, 0.3) is 6.08 Å². The van der Waals surface area contributed by atoms with E-state index in [0.717, 1.165) is 10.5 Å². The van der Waals surface area contributed by atoms with E-state index in [9.17, 15) is 14.4 Å². The average molecular weight is 517 g/mol. The Morgan fingerprint density at radius 2 is 1.53 bits per heavy atom. The number of hydrogen-bond acceptors (Lipinski definition) is 7. The molecule has 1 saturated heterocycles. The van der Waals surface area contributed by atoms with Gasteiger partial charge < -0.3 is 18.9 Å². The van der Waals surface area contributed by atoms with Gasteiger partial charge in [0.1, 0.15) is 18.8 Å². The van der Waals surface area contributed by atoms with Crippen LogP contribution in [0.5, 0.6) is 23.0 Å². The molecule has 3 aromatic carbocycles. The third-order valence-corrected chi connectivity index (χ3v) is 5.61. The van der Waals surface area contributed by atoms with Crippen molar-refractivity contribution in [3.05, 3.63) is 83.4 Å². The summed E-state index contributed by atoms with van der Waals surface area (Å²) in [5.41, 5.74) is 1.60.